The van der Waals surface area contributed by atoms with E-state index in [0.29, 0.717) is 72.8 Å². The minimum atomic E-state index is -1.64. The molecule has 2 atom stereocenters. The highest BCUT2D eigenvalue weighted by molar-refractivity contribution is 6.23. The van der Waals surface area contributed by atoms with Crippen LogP contribution in [0.15, 0.2) is 91.0 Å². The van der Waals surface area contributed by atoms with Crippen molar-refractivity contribution >= 4 is 28.8 Å². The fraction of sp³-hybridized carbons (Fsp3) is 0.286. The maximum Gasteiger partial charge on any atom is 0.369 e. The number of halogens is 3. The molecule has 0 saturated carbocycles. The number of fused-ring (bicyclic) bond motifs is 2. The van der Waals surface area contributed by atoms with E-state index in [1.807, 2.05) is 41.5 Å². The van der Waals surface area contributed by atoms with Crippen LogP contribution in [-0.4, -0.2) is 57.5 Å². The number of nitrogens with one attached hydrogen (secondary N) is 4. The van der Waals surface area contributed by atoms with E-state index in [0.717, 1.165) is 16.8 Å². The lowest BCUT2D eigenvalue weighted by Gasteiger charge is -2.47. The lowest BCUT2D eigenvalue weighted by Crippen LogP contribution is -2.78. The Morgan fingerprint density at radius 2 is 1.60 bits per heavy atom. The molecule has 2 aliphatic rings. The molecule has 6 heterocycles. The highest BCUT2D eigenvalue weighted by Crippen LogP contribution is 2.43. The fourth-order valence-corrected chi connectivity index (χ4v) is 7.96. The molecular formula is C35H37ClF2N11O+. The number of quaternary nitrogens is 1. The summed E-state index contributed by atoms with van der Waals surface area (Å²) < 4.78 is 33.2. The van der Waals surface area contributed by atoms with Crippen LogP contribution in [0.2, 0.25) is 0 Å². The molecule has 6 aromatic rings. The third-order valence-corrected chi connectivity index (χ3v) is 10.2. The van der Waals surface area contributed by atoms with Crippen LogP contribution in [0.3, 0.4) is 0 Å². The number of amides is 1. The topological polar surface area (TPSA) is 134 Å². The van der Waals surface area contributed by atoms with Gasteiger partial charge in [-0.3, -0.25) is 10.4 Å². The van der Waals surface area contributed by atoms with Gasteiger partial charge in [-0.1, -0.05) is 38.1 Å². The van der Waals surface area contributed by atoms with Crippen LogP contribution in [-0.2, 0) is 23.4 Å². The Morgan fingerprint density at radius 1 is 0.920 bits per heavy atom. The van der Waals surface area contributed by atoms with Crippen molar-refractivity contribution in [2.24, 2.45) is 5.73 Å². The number of alkyl halides is 1. The molecule has 8 rings (SSSR count). The predicted octanol–water partition coefficient (Wildman–Crippen LogP) is 4.17. The van der Waals surface area contributed by atoms with E-state index in [1.54, 1.807) is 41.2 Å². The number of carbonyl (C=O) groups excluding carboxylic acids is 1. The first kappa shape index (κ1) is 32.0. The van der Waals surface area contributed by atoms with Gasteiger partial charge in [-0.15, -0.1) is 0 Å². The molecule has 4 aromatic heterocycles. The molecule has 0 radical (unpaired) electrons. The minimum Gasteiger partial charge on any atom is -0.344 e. The van der Waals surface area contributed by atoms with Gasteiger partial charge in [0.1, 0.15) is 23.1 Å². The van der Waals surface area contributed by atoms with Gasteiger partial charge in [-0.05, 0) is 59.8 Å². The molecule has 0 fully saturated rings. The number of aromatic nitrogens is 6. The first-order valence-corrected chi connectivity index (χ1v) is 17.0. The Balaban J connectivity index is 1.34. The monoisotopic (exact) mass is 700 g/mol. The van der Waals surface area contributed by atoms with Crippen molar-refractivity contribution in [3.63, 3.8) is 0 Å². The molecule has 0 spiro atoms. The summed E-state index contributed by atoms with van der Waals surface area (Å²) in [6.07, 6.45) is 10.7. The molecule has 1 amide bonds. The van der Waals surface area contributed by atoms with Crippen molar-refractivity contribution in [2.75, 3.05) is 13.1 Å². The Bertz CT molecular complexity index is 2260. The minimum absolute atomic E-state index is 0.204. The van der Waals surface area contributed by atoms with Crippen LogP contribution in [0.1, 0.15) is 54.6 Å². The second-order valence-corrected chi connectivity index (χ2v) is 13.6. The van der Waals surface area contributed by atoms with Crippen LogP contribution >= 0.6 is 11.6 Å². The maximum absolute atomic E-state index is 14.8. The number of benzene rings is 2. The van der Waals surface area contributed by atoms with Gasteiger partial charge >= 0.3 is 11.2 Å². The summed E-state index contributed by atoms with van der Waals surface area (Å²) >= 11 is 7.11. The molecule has 0 bridgehead atoms. The largest absolute Gasteiger partial charge is 0.369 e. The quantitative estimate of drug-likeness (QED) is 0.0823. The Hall–Kier alpha value is -5.18. The normalized spacial score (nSPS) is 21.4. The molecule has 2 unspecified atom stereocenters. The first-order chi connectivity index (χ1) is 24.1. The summed E-state index contributed by atoms with van der Waals surface area (Å²) in [5.74, 6) is -0.537. The van der Waals surface area contributed by atoms with Gasteiger partial charge in [-0.25, -0.2) is 37.8 Å². The van der Waals surface area contributed by atoms with Gasteiger partial charge in [-0.2, -0.15) is 5.10 Å². The maximum atomic E-state index is 14.8. The Labute approximate surface area is 291 Å². The lowest BCUT2D eigenvalue weighted by molar-refractivity contribution is -0.895. The number of H-pyrrole nitrogens is 1. The van der Waals surface area contributed by atoms with Gasteiger partial charge in [0.15, 0.2) is 17.0 Å². The van der Waals surface area contributed by atoms with E-state index >= 15 is 0 Å². The van der Waals surface area contributed by atoms with Crippen molar-refractivity contribution in [2.45, 2.75) is 50.6 Å². The van der Waals surface area contributed by atoms with Gasteiger partial charge in [0.25, 0.3) is 0 Å². The average molecular weight is 701 g/mol. The van der Waals surface area contributed by atoms with Gasteiger partial charge in [0, 0.05) is 43.4 Å². The molecule has 258 valence electrons. The van der Waals surface area contributed by atoms with Crippen LogP contribution in [0, 0.1) is 11.6 Å². The zero-order chi connectivity index (χ0) is 34.8. The van der Waals surface area contributed by atoms with E-state index < -0.39 is 10.9 Å². The fourth-order valence-electron chi connectivity index (χ4n) is 7.61. The van der Waals surface area contributed by atoms with Gasteiger partial charge in [0.05, 0.1) is 30.4 Å². The van der Waals surface area contributed by atoms with E-state index in [4.69, 9.17) is 27.4 Å². The van der Waals surface area contributed by atoms with Crippen LogP contribution in [0.4, 0.5) is 8.78 Å². The smallest absolute Gasteiger partial charge is 0.344 e. The second-order valence-electron chi connectivity index (χ2n) is 13.0. The molecule has 6 N–H and O–H groups in total. The summed E-state index contributed by atoms with van der Waals surface area (Å²) in [5, 5.41) is 17.1. The summed E-state index contributed by atoms with van der Waals surface area (Å²) in [7, 11) is 0. The summed E-state index contributed by atoms with van der Waals surface area (Å²) in [4.78, 5) is 19.6. The number of hydrogen-bond acceptors (Lipinski definition) is 7. The molecule has 0 saturated heterocycles. The van der Waals surface area contributed by atoms with E-state index in [9.17, 15) is 13.6 Å². The number of hydrogen-bond donors (Lipinski definition) is 5. The number of nitrogens with two attached hydrogens (primary N) is 1. The second kappa shape index (κ2) is 11.7. The first-order valence-electron chi connectivity index (χ1n) is 16.6. The zero-order valence-electron chi connectivity index (χ0n) is 27.6. The number of nitrogens with zero attached hydrogens (tertiary/aromatic N) is 6. The molecule has 12 nitrogen and oxygen atoms in total. The number of rotatable bonds is 10. The number of imidazole rings is 2. The summed E-state index contributed by atoms with van der Waals surface area (Å²) in [6.45, 7) is 5.27. The van der Waals surface area contributed by atoms with Crippen molar-refractivity contribution in [3.05, 3.63) is 131 Å². The van der Waals surface area contributed by atoms with Crippen molar-refractivity contribution < 1.29 is 18.1 Å². The SMILES string of the molecule is CCC[N+]1(CCC)C(=O)C2=C(NC(c3cnn4ccn(Cc5ccc(F)cc5)c34)(c3c(Cc4ccc(F)cc4)[nH]n4ccnc34)N2)NC1(N)Cl. The van der Waals surface area contributed by atoms with Crippen molar-refractivity contribution in [3.8, 4) is 0 Å². The Morgan fingerprint density at radius 3 is 2.28 bits per heavy atom. The molecule has 0 aliphatic carbocycles. The highest BCUT2D eigenvalue weighted by Gasteiger charge is 2.62. The molecule has 15 heteroatoms. The molecule has 2 aromatic carbocycles. The molecule has 50 heavy (non-hydrogen) atoms. The zero-order valence-corrected chi connectivity index (χ0v) is 28.3. The summed E-state index contributed by atoms with van der Waals surface area (Å²) in [6, 6.07) is 12.7. The third-order valence-electron chi connectivity index (χ3n) is 9.80. The average Bonchev–Trinajstić information content (AvgIpc) is 3.91. The summed E-state index contributed by atoms with van der Waals surface area (Å²) in [5.41, 5.74) is 11.0. The van der Waals surface area contributed by atoms with Crippen LogP contribution < -0.4 is 21.7 Å². The predicted molar refractivity (Wildman–Crippen MR) is 183 cm³/mol. The van der Waals surface area contributed by atoms with Gasteiger partial charge < -0.3 is 15.2 Å². The number of carbonyl (C=O) groups is 1. The number of aromatic amines is 1. The Kier molecular flexibility index (Phi) is 7.51. The molecule has 2 aliphatic heterocycles. The van der Waals surface area contributed by atoms with Crippen molar-refractivity contribution in [1.82, 2.24) is 44.7 Å². The van der Waals surface area contributed by atoms with Crippen LogP contribution in [0.25, 0.3) is 11.3 Å². The van der Waals surface area contributed by atoms with E-state index in [1.165, 1.54) is 24.3 Å². The third kappa shape index (κ3) is 4.81. The molecular weight excluding hydrogens is 664 g/mol. The highest BCUT2D eigenvalue weighted by atomic mass is 35.5. The van der Waals surface area contributed by atoms with Crippen LogP contribution in [0.5, 0.6) is 0 Å². The van der Waals surface area contributed by atoms with Crippen molar-refractivity contribution in [1.29, 1.82) is 0 Å². The van der Waals surface area contributed by atoms with E-state index in [-0.39, 0.29) is 22.0 Å². The lowest BCUT2D eigenvalue weighted by atomic mass is 9.91. The van der Waals surface area contributed by atoms with E-state index in [2.05, 4.69) is 21.0 Å². The standard InChI is InChI=1S/C35H36ClF2N11O/c1-3-17-49(18-4-2)33(50)29-30(44-35(49,36)39)43-34(42-29,26-20-41-48-16-15-46(32(26)48)21-23-7-11-25(38)12-8-23)28-27(45-47-14-13-40-31(28)47)19-22-5-9-24(37)10-6-22/h5-16,20,42H,3-4,17-19,21,39H2,1-2H3,(H2-,40,43,44,45,50)/p+1. The van der Waals surface area contributed by atoms with Gasteiger partial charge in [0.2, 0.25) is 0 Å².